The highest BCUT2D eigenvalue weighted by Crippen LogP contribution is 2.38. The number of fused-ring (bicyclic) bond motifs is 1. The molecular formula is C26H26F2N6O2. The highest BCUT2D eigenvalue weighted by molar-refractivity contribution is 6.08. The van der Waals surface area contributed by atoms with Crippen LogP contribution in [0.1, 0.15) is 43.7 Å². The molecule has 0 bridgehead atoms. The minimum absolute atomic E-state index is 0.157. The number of nitrogens with zero attached hydrogens (tertiary/aromatic N) is 5. The second kappa shape index (κ2) is 9.18. The molecule has 1 atom stereocenters. The van der Waals surface area contributed by atoms with Gasteiger partial charge in [0.1, 0.15) is 11.4 Å². The van der Waals surface area contributed by atoms with Crippen molar-refractivity contribution >= 4 is 28.2 Å². The molecule has 1 aliphatic rings. The number of nitrogens with one attached hydrogen (secondary N) is 1. The summed E-state index contributed by atoms with van der Waals surface area (Å²) in [6.07, 6.45) is 2.84. The summed E-state index contributed by atoms with van der Waals surface area (Å²) in [7, 11) is 0. The minimum atomic E-state index is -0.958. The number of benzene rings is 2. The lowest BCUT2D eigenvalue weighted by molar-refractivity contribution is 0.102. The van der Waals surface area contributed by atoms with E-state index < -0.39 is 28.8 Å². The van der Waals surface area contributed by atoms with E-state index in [2.05, 4.69) is 41.2 Å². The maximum atomic E-state index is 14.3. The van der Waals surface area contributed by atoms with Crippen molar-refractivity contribution in [1.29, 1.82) is 0 Å². The average Bonchev–Trinajstić information content (AvgIpc) is 3.46. The van der Waals surface area contributed by atoms with Gasteiger partial charge in [0.15, 0.2) is 11.6 Å². The van der Waals surface area contributed by atoms with Crippen molar-refractivity contribution in [2.75, 3.05) is 23.3 Å². The highest BCUT2D eigenvalue weighted by atomic mass is 19.1. The lowest BCUT2D eigenvalue weighted by Gasteiger charge is -2.23. The molecule has 10 heteroatoms. The first-order valence-electron chi connectivity index (χ1n) is 11.9. The molecule has 2 aromatic carbocycles. The normalized spacial score (nSPS) is 15.7. The van der Waals surface area contributed by atoms with E-state index in [0.29, 0.717) is 16.3 Å². The maximum absolute atomic E-state index is 14.3. The molecule has 5 rings (SSSR count). The van der Waals surface area contributed by atoms with Crippen LogP contribution in [0.25, 0.3) is 16.6 Å². The van der Waals surface area contributed by atoms with Gasteiger partial charge in [0, 0.05) is 30.6 Å². The summed E-state index contributed by atoms with van der Waals surface area (Å²) >= 11 is 0. The number of para-hydroxylation sites is 1. The number of carbonyl (C=O) groups excluding carboxylic acids is 1. The molecule has 1 aliphatic heterocycles. The summed E-state index contributed by atoms with van der Waals surface area (Å²) in [5.74, 6) is -2.02. The first-order valence-corrected chi connectivity index (χ1v) is 11.9. The van der Waals surface area contributed by atoms with Gasteiger partial charge >= 0.3 is 0 Å². The Bertz CT molecular complexity index is 1510. The molecule has 2 aromatic heterocycles. The van der Waals surface area contributed by atoms with E-state index in [1.54, 1.807) is 0 Å². The summed E-state index contributed by atoms with van der Waals surface area (Å²) in [6.45, 7) is 7.97. The Hall–Kier alpha value is -4.08. The largest absolute Gasteiger partial charge is 0.369 e. The van der Waals surface area contributed by atoms with Crippen LogP contribution in [-0.4, -0.2) is 38.6 Å². The molecule has 3 heterocycles. The monoisotopic (exact) mass is 492 g/mol. The van der Waals surface area contributed by atoms with E-state index in [1.165, 1.54) is 12.1 Å². The molecule has 1 N–H and O–H groups in total. The Morgan fingerprint density at radius 3 is 2.50 bits per heavy atom. The van der Waals surface area contributed by atoms with Crippen LogP contribution in [0.15, 0.2) is 53.5 Å². The zero-order chi connectivity index (χ0) is 25.6. The molecule has 0 aliphatic carbocycles. The van der Waals surface area contributed by atoms with E-state index in [4.69, 9.17) is 0 Å². The zero-order valence-electron chi connectivity index (χ0n) is 20.2. The van der Waals surface area contributed by atoms with Gasteiger partial charge in [0.05, 0.1) is 23.1 Å². The van der Waals surface area contributed by atoms with Crippen molar-refractivity contribution in [3.05, 3.63) is 76.3 Å². The fraction of sp³-hybridized carbons (Fsp3) is 0.308. The van der Waals surface area contributed by atoms with Crippen molar-refractivity contribution in [2.45, 2.75) is 33.2 Å². The summed E-state index contributed by atoms with van der Waals surface area (Å²) < 4.78 is 31.1. The minimum Gasteiger partial charge on any atom is -0.369 e. The molecule has 0 spiro atoms. The van der Waals surface area contributed by atoms with Gasteiger partial charge in [-0.05, 0) is 56.5 Å². The van der Waals surface area contributed by atoms with Crippen molar-refractivity contribution in [1.82, 2.24) is 19.6 Å². The molecule has 1 saturated heterocycles. The molecule has 36 heavy (non-hydrogen) atoms. The third kappa shape index (κ3) is 4.12. The van der Waals surface area contributed by atoms with E-state index in [0.717, 1.165) is 54.3 Å². The van der Waals surface area contributed by atoms with E-state index in [-0.39, 0.29) is 11.7 Å². The van der Waals surface area contributed by atoms with Gasteiger partial charge in [-0.1, -0.05) is 13.0 Å². The summed E-state index contributed by atoms with van der Waals surface area (Å²) in [6, 6.07) is 9.43. The maximum Gasteiger partial charge on any atom is 0.276 e. The smallest absolute Gasteiger partial charge is 0.276 e. The van der Waals surface area contributed by atoms with E-state index in [9.17, 15) is 18.4 Å². The van der Waals surface area contributed by atoms with Crippen molar-refractivity contribution < 1.29 is 13.6 Å². The first-order chi connectivity index (χ1) is 17.2. The fourth-order valence-electron chi connectivity index (χ4n) is 4.67. The molecule has 0 radical (unpaired) electrons. The van der Waals surface area contributed by atoms with Gasteiger partial charge in [0.25, 0.3) is 11.5 Å². The third-order valence-electron chi connectivity index (χ3n) is 6.41. The third-order valence-corrected chi connectivity index (χ3v) is 6.41. The predicted octanol–water partition coefficient (Wildman–Crippen LogP) is 4.54. The Morgan fingerprint density at radius 1 is 1.08 bits per heavy atom. The molecule has 0 saturated carbocycles. The first kappa shape index (κ1) is 23.7. The molecule has 1 unspecified atom stereocenters. The van der Waals surface area contributed by atoms with Crippen LogP contribution in [0, 0.1) is 17.6 Å². The van der Waals surface area contributed by atoms with Crippen LogP contribution >= 0.6 is 0 Å². The van der Waals surface area contributed by atoms with Gasteiger partial charge < -0.3 is 10.2 Å². The number of rotatable bonds is 5. The number of amides is 1. The van der Waals surface area contributed by atoms with Crippen molar-refractivity contribution in [3.63, 3.8) is 0 Å². The molecule has 8 nitrogen and oxygen atoms in total. The van der Waals surface area contributed by atoms with Gasteiger partial charge in [-0.2, -0.15) is 14.9 Å². The lowest BCUT2D eigenvalue weighted by atomic mass is 10.1. The summed E-state index contributed by atoms with van der Waals surface area (Å²) in [4.78, 5) is 27.8. The van der Waals surface area contributed by atoms with Crippen LogP contribution in [-0.2, 0) is 0 Å². The van der Waals surface area contributed by atoms with Crippen LogP contribution in [0.3, 0.4) is 0 Å². The van der Waals surface area contributed by atoms with Gasteiger partial charge in [-0.15, -0.1) is 0 Å². The Labute approximate surface area is 206 Å². The van der Waals surface area contributed by atoms with Gasteiger partial charge in [-0.3, -0.25) is 14.3 Å². The Balaban J connectivity index is 1.56. The van der Waals surface area contributed by atoms with Gasteiger partial charge in [0.2, 0.25) is 0 Å². The lowest BCUT2D eigenvalue weighted by Crippen LogP contribution is -2.27. The number of aromatic nitrogens is 4. The Morgan fingerprint density at radius 2 is 1.83 bits per heavy atom. The van der Waals surface area contributed by atoms with Crippen LogP contribution in [0.4, 0.5) is 20.2 Å². The second-order valence-electron chi connectivity index (χ2n) is 9.41. The fourth-order valence-corrected chi connectivity index (χ4v) is 4.67. The van der Waals surface area contributed by atoms with Crippen molar-refractivity contribution in [3.8, 4) is 5.69 Å². The van der Waals surface area contributed by atoms with E-state index in [1.807, 2.05) is 23.0 Å². The summed E-state index contributed by atoms with van der Waals surface area (Å²) in [5.41, 5.74) is 0.846. The topological polar surface area (TPSA) is 85.1 Å². The molecule has 4 aromatic rings. The van der Waals surface area contributed by atoms with Crippen LogP contribution in [0.5, 0.6) is 0 Å². The van der Waals surface area contributed by atoms with Gasteiger partial charge in [-0.25, -0.2) is 8.78 Å². The quantitative estimate of drug-likeness (QED) is 0.442. The van der Waals surface area contributed by atoms with Crippen LogP contribution < -0.4 is 15.8 Å². The van der Waals surface area contributed by atoms with Crippen molar-refractivity contribution in [2.24, 2.45) is 5.92 Å². The second-order valence-corrected chi connectivity index (χ2v) is 9.41. The molecule has 1 amide bonds. The molecule has 186 valence electrons. The molecular weight excluding hydrogens is 466 g/mol. The number of hydrogen-bond acceptors (Lipinski definition) is 5. The highest BCUT2D eigenvalue weighted by Gasteiger charge is 2.26. The van der Waals surface area contributed by atoms with E-state index >= 15 is 0 Å². The Kier molecular flexibility index (Phi) is 6.03. The SMILES string of the molecule is CC1CCN(c2c(NC(=O)c3ccc(=O)n(-c4c(F)cccc4F)n3)ccc3c2cnn3C(C)C)C1. The summed E-state index contributed by atoms with van der Waals surface area (Å²) in [5, 5.41) is 12.3. The van der Waals surface area contributed by atoms with Crippen LogP contribution in [0.2, 0.25) is 0 Å². The zero-order valence-corrected chi connectivity index (χ0v) is 20.2. The number of anilines is 2. The number of carbonyl (C=O) groups is 1. The number of halogens is 2. The predicted molar refractivity (Wildman–Crippen MR) is 134 cm³/mol. The number of hydrogen-bond donors (Lipinski definition) is 1. The molecule has 1 fully saturated rings. The average molecular weight is 493 g/mol. The standard InChI is InChI=1S/C26H26F2N6O2/c1-15(2)33-22-9-7-20(24(17(22)13-29-33)32-12-11-16(3)14-32)30-26(36)21-8-10-23(35)34(31-21)25-18(27)5-4-6-19(25)28/h4-10,13,15-16H,11-12,14H2,1-3H3,(H,30,36).